The molecule has 0 bridgehead atoms. The minimum atomic E-state index is 0.798. The Kier molecular flexibility index (Phi) is 5.81. The maximum Gasteiger partial charge on any atom is 0.0702 e. The zero-order valence-electron chi connectivity index (χ0n) is 12.9. The second kappa shape index (κ2) is 6.91. The van der Waals surface area contributed by atoms with Gasteiger partial charge in [0.2, 0.25) is 0 Å². The molecule has 0 fully saturated rings. The third-order valence-corrected chi connectivity index (χ3v) is 3.66. The Balaban J connectivity index is 3.42. The first-order valence-corrected chi connectivity index (χ1v) is 7.29. The number of hydrogen-bond acceptors (Lipinski definition) is 1. The van der Waals surface area contributed by atoms with Crippen molar-refractivity contribution in [1.29, 1.82) is 0 Å². The topological polar surface area (TPSA) is 12.4 Å². The minimum absolute atomic E-state index is 0.798. The largest absolute Gasteiger partial charge is 0.258 e. The lowest BCUT2D eigenvalue weighted by Gasteiger charge is -2.12. The van der Waals surface area contributed by atoms with Gasteiger partial charge in [-0.25, -0.2) is 0 Å². The lowest BCUT2D eigenvalue weighted by molar-refractivity contribution is 1.11. The van der Waals surface area contributed by atoms with Crippen molar-refractivity contribution >= 4 is 23.0 Å². The molecule has 19 heavy (non-hydrogen) atoms. The van der Waals surface area contributed by atoms with E-state index in [1.165, 1.54) is 16.7 Å². The maximum atomic E-state index is 6.44. The molecule has 0 unspecified atom stereocenters. The zero-order chi connectivity index (χ0) is 14.6. The molecule has 2 heteroatoms. The van der Waals surface area contributed by atoms with E-state index in [1.54, 1.807) is 0 Å². The molecule has 0 amide bonds. The average Bonchev–Trinajstić information content (AvgIpc) is 2.37. The van der Waals surface area contributed by atoms with E-state index in [9.17, 15) is 0 Å². The molecule has 0 heterocycles. The van der Waals surface area contributed by atoms with E-state index in [0.717, 1.165) is 34.8 Å². The SMILES string of the molecule is CC/C(C)=N\C(=C(C)C)c1cc(C)c(CC)cc1Cl. The summed E-state index contributed by atoms with van der Waals surface area (Å²) >= 11 is 6.44. The van der Waals surface area contributed by atoms with Gasteiger partial charge < -0.3 is 0 Å². The van der Waals surface area contributed by atoms with Gasteiger partial charge in [-0.15, -0.1) is 0 Å². The second-order valence-electron chi connectivity index (χ2n) is 5.16. The predicted molar refractivity (Wildman–Crippen MR) is 87.2 cm³/mol. The Bertz CT molecular complexity index is 520. The van der Waals surface area contributed by atoms with Crippen LogP contribution in [0, 0.1) is 6.92 Å². The highest BCUT2D eigenvalue weighted by Gasteiger charge is 2.10. The van der Waals surface area contributed by atoms with Crippen molar-refractivity contribution in [2.75, 3.05) is 0 Å². The van der Waals surface area contributed by atoms with Crippen LogP contribution in [0.2, 0.25) is 5.02 Å². The summed E-state index contributed by atoms with van der Waals surface area (Å²) in [5, 5.41) is 0.798. The van der Waals surface area contributed by atoms with Crippen molar-refractivity contribution < 1.29 is 0 Å². The molecule has 0 aliphatic rings. The molecule has 0 saturated heterocycles. The first kappa shape index (κ1) is 16.0. The van der Waals surface area contributed by atoms with E-state index in [2.05, 4.69) is 53.7 Å². The lowest BCUT2D eigenvalue weighted by atomic mass is 10.00. The number of allylic oxidation sites excluding steroid dienone is 1. The molecular formula is C17H24ClN. The number of aliphatic imine (C=N–C) groups is 1. The smallest absolute Gasteiger partial charge is 0.0702 e. The van der Waals surface area contributed by atoms with Gasteiger partial charge in [0.25, 0.3) is 0 Å². The summed E-state index contributed by atoms with van der Waals surface area (Å²) in [7, 11) is 0. The molecule has 0 saturated carbocycles. The molecule has 1 rings (SSSR count). The number of aryl methyl sites for hydroxylation is 2. The Morgan fingerprint density at radius 1 is 1.16 bits per heavy atom. The number of benzene rings is 1. The minimum Gasteiger partial charge on any atom is -0.258 e. The molecule has 0 aliphatic heterocycles. The van der Waals surface area contributed by atoms with Gasteiger partial charge >= 0.3 is 0 Å². The molecule has 0 aliphatic carbocycles. The highest BCUT2D eigenvalue weighted by atomic mass is 35.5. The zero-order valence-corrected chi connectivity index (χ0v) is 13.7. The molecule has 0 spiro atoms. The highest BCUT2D eigenvalue weighted by Crippen LogP contribution is 2.30. The Hall–Kier alpha value is -1.08. The first-order chi connectivity index (χ1) is 8.90. The van der Waals surface area contributed by atoms with Gasteiger partial charge in [-0.2, -0.15) is 0 Å². The maximum absolute atomic E-state index is 6.44. The van der Waals surface area contributed by atoms with Crippen LogP contribution >= 0.6 is 11.6 Å². The van der Waals surface area contributed by atoms with E-state index < -0.39 is 0 Å². The van der Waals surface area contributed by atoms with Gasteiger partial charge in [-0.1, -0.05) is 31.0 Å². The molecule has 1 aromatic carbocycles. The average molecular weight is 278 g/mol. The van der Waals surface area contributed by atoms with Gasteiger partial charge in [0, 0.05) is 11.3 Å². The van der Waals surface area contributed by atoms with Gasteiger partial charge in [0.1, 0.15) is 0 Å². The van der Waals surface area contributed by atoms with Crippen LogP contribution in [0.3, 0.4) is 0 Å². The fraction of sp³-hybridized carbons (Fsp3) is 0.471. The van der Waals surface area contributed by atoms with Crippen molar-refractivity contribution in [3.8, 4) is 0 Å². The predicted octanol–water partition coefficient (Wildman–Crippen LogP) is 5.83. The van der Waals surface area contributed by atoms with Crippen LogP contribution in [0.15, 0.2) is 22.7 Å². The third kappa shape index (κ3) is 3.94. The molecule has 0 radical (unpaired) electrons. The summed E-state index contributed by atoms with van der Waals surface area (Å²) in [6.07, 6.45) is 1.97. The standard InChI is InChI=1S/C17H24ClN/c1-7-13(6)19-17(11(3)4)15-9-12(5)14(8-2)10-16(15)18/h9-10H,7-8H2,1-6H3/b19-13-. The summed E-state index contributed by atoms with van der Waals surface area (Å²) in [5.41, 5.74) is 6.96. The molecule has 0 aromatic heterocycles. The summed E-state index contributed by atoms with van der Waals surface area (Å²) in [6, 6.07) is 4.24. The van der Waals surface area contributed by atoms with Crippen molar-refractivity contribution in [2.24, 2.45) is 4.99 Å². The second-order valence-corrected chi connectivity index (χ2v) is 5.57. The molecular weight excluding hydrogens is 254 g/mol. The van der Waals surface area contributed by atoms with Crippen molar-refractivity contribution in [2.45, 2.75) is 54.4 Å². The quantitative estimate of drug-likeness (QED) is 0.614. The van der Waals surface area contributed by atoms with E-state index in [4.69, 9.17) is 16.6 Å². The van der Waals surface area contributed by atoms with E-state index >= 15 is 0 Å². The van der Waals surface area contributed by atoms with Crippen LogP contribution in [0.1, 0.15) is 57.7 Å². The Morgan fingerprint density at radius 3 is 2.26 bits per heavy atom. The molecule has 1 aromatic rings. The van der Waals surface area contributed by atoms with Gasteiger partial charge in [0.05, 0.1) is 10.7 Å². The highest BCUT2D eigenvalue weighted by molar-refractivity contribution is 6.32. The van der Waals surface area contributed by atoms with Crippen molar-refractivity contribution in [1.82, 2.24) is 0 Å². The Morgan fingerprint density at radius 2 is 1.79 bits per heavy atom. The third-order valence-electron chi connectivity index (χ3n) is 3.35. The monoisotopic (exact) mass is 277 g/mol. The summed E-state index contributed by atoms with van der Waals surface area (Å²) in [5.74, 6) is 0. The number of hydrogen-bond donors (Lipinski definition) is 0. The fourth-order valence-corrected chi connectivity index (χ4v) is 2.27. The number of nitrogens with zero attached hydrogens (tertiary/aromatic N) is 1. The molecule has 1 nitrogen and oxygen atoms in total. The van der Waals surface area contributed by atoms with Gasteiger partial charge in [-0.05, 0) is 63.8 Å². The summed E-state index contributed by atoms with van der Waals surface area (Å²) in [6.45, 7) is 12.6. The summed E-state index contributed by atoms with van der Waals surface area (Å²) in [4.78, 5) is 4.73. The van der Waals surface area contributed by atoms with Gasteiger partial charge in [0.15, 0.2) is 0 Å². The molecule has 0 N–H and O–H groups in total. The van der Waals surface area contributed by atoms with Crippen LogP contribution < -0.4 is 0 Å². The van der Waals surface area contributed by atoms with Crippen LogP contribution in [0.5, 0.6) is 0 Å². The van der Waals surface area contributed by atoms with Gasteiger partial charge in [-0.3, -0.25) is 4.99 Å². The van der Waals surface area contributed by atoms with Crippen molar-refractivity contribution in [3.63, 3.8) is 0 Å². The van der Waals surface area contributed by atoms with Crippen LogP contribution in [0.25, 0.3) is 5.70 Å². The fourth-order valence-electron chi connectivity index (χ4n) is 2.00. The van der Waals surface area contributed by atoms with Crippen LogP contribution in [0.4, 0.5) is 0 Å². The number of rotatable bonds is 4. The van der Waals surface area contributed by atoms with Crippen LogP contribution in [-0.2, 0) is 6.42 Å². The molecule has 0 atom stereocenters. The lowest BCUT2D eigenvalue weighted by Crippen LogP contribution is -1.96. The first-order valence-electron chi connectivity index (χ1n) is 6.91. The summed E-state index contributed by atoms with van der Waals surface area (Å²) < 4.78 is 0. The normalized spacial score (nSPS) is 11.6. The van der Waals surface area contributed by atoms with Crippen LogP contribution in [-0.4, -0.2) is 5.71 Å². The van der Waals surface area contributed by atoms with E-state index in [-0.39, 0.29) is 0 Å². The number of halogens is 1. The Labute approximate surface area is 122 Å². The van der Waals surface area contributed by atoms with E-state index in [0.29, 0.717) is 0 Å². The van der Waals surface area contributed by atoms with E-state index in [1.807, 2.05) is 0 Å². The molecule has 104 valence electrons. The van der Waals surface area contributed by atoms with Crippen molar-refractivity contribution in [3.05, 3.63) is 39.4 Å².